The van der Waals surface area contributed by atoms with E-state index >= 15 is 0 Å². The normalized spacial score (nSPS) is 10.0. The van der Waals surface area contributed by atoms with Gasteiger partial charge in [-0.15, -0.1) is 0 Å². The minimum Gasteiger partial charge on any atom is -0.247 e. The number of carbonyl (C=O) groups excluding carboxylic acids is 1. The van der Waals surface area contributed by atoms with Crippen LogP contribution < -0.4 is 10.3 Å². The third-order valence-corrected chi connectivity index (χ3v) is 2.29. The first-order valence-electron chi connectivity index (χ1n) is 5.20. The average Bonchev–Trinajstić information content (AvgIpc) is 2.29. The third-order valence-electron chi connectivity index (χ3n) is 2.29. The zero-order valence-electron chi connectivity index (χ0n) is 9.33. The number of halogens is 1. The van der Waals surface area contributed by atoms with E-state index in [-0.39, 0.29) is 5.91 Å². The van der Waals surface area contributed by atoms with Crippen molar-refractivity contribution in [3.63, 3.8) is 0 Å². The van der Waals surface area contributed by atoms with Crippen LogP contribution in [0.2, 0.25) is 0 Å². The van der Waals surface area contributed by atoms with Gasteiger partial charge in [0.2, 0.25) is 0 Å². The summed E-state index contributed by atoms with van der Waals surface area (Å²) in [6, 6.07) is 9.26. The van der Waals surface area contributed by atoms with Crippen molar-refractivity contribution in [3.05, 3.63) is 59.5 Å². The van der Waals surface area contributed by atoms with Gasteiger partial charge in [0, 0.05) is 6.07 Å². The lowest BCUT2D eigenvalue weighted by Crippen LogP contribution is -2.19. The number of aromatic amines is 1. The van der Waals surface area contributed by atoms with Crippen molar-refractivity contribution >= 4 is 11.7 Å². The fourth-order valence-corrected chi connectivity index (χ4v) is 1.48. The molecule has 4 heteroatoms. The number of anilines is 1. The van der Waals surface area contributed by atoms with Crippen molar-refractivity contribution in [1.82, 2.24) is 0 Å². The van der Waals surface area contributed by atoms with E-state index in [1.807, 2.05) is 13.0 Å². The van der Waals surface area contributed by atoms with E-state index in [2.05, 4.69) is 10.3 Å². The molecular weight excluding hydrogens is 219 g/mol. The van der Waals surface area contributed by atoms with Gasteiger partial charge in [0.15, 0.2) is 0 Å². The molecule has 0 saturated carbocycles. The SMILES string of the molecule is Cc1cc[nH+]c(NC(=O)c2cccc(F)c2)c1. The number of rotatable bonds is 2. The van der Waals surface area contributed by atoms with Crippen molar-refractivity contribution in [2.75, 3.05) is 5.32 Å². The fraction of sp³-hybridized carbons (Fsp3) is 0.0769. The van der Waals surface area contributed by atoms with Crippen molar-refractivity contribution in [2.24, 2.45) is 0 Å². The summed E-state index contributed by atoms with van der Waals surface area (Å²) in [4.78, 5) is 14.7. The Kier molecular flexibility index (Phi) is 3.14. The maximum atomic E-state index is 12.9. The molecule has 0 radical (unpaired) electrons. The average molecular weight is 231 g/mol. The van der Waals surface area contributed by atoms with Gasteiger partial charge in [-0.3, -0.25) is 0 Å². The monoisotopic (exact) mass is 231 g/mol. The Bertz CT molecular complexity index is 555. The first-order chi connectivity index (χ1) is 8.15. The molecule has 0 spiro atoms. The molecule has 0 aliphatic heterocycles. The van der Waals surface area contributed by atoms with Crippen LogP contribution in [0.25, 0.3) is 0 Å². The summed E-state index contributed by atoms with van der Waals surface area (Å²) in [7, 11) is 0. The molecule has 1 amide bonds. The van der Waals surface area contributed by atoms with Gasteiger partial charge < -0.3 is 0 Å². The van der Waals surface area contributed by atoms with Crippen molar-refractivity contribution < 1.29 is 14.2 Å². The summed E-state index contributed by atoms with van der Waals surface area (Å²) < 4.78 is 12.9. The lowest BCUT2D eigenvalue weighted by molar-refractivity contribution is -0.360. The molecule has 0 aliphatic carbocycles. The molecule has 1 aromatic carbocycles. The Labute approximate surface area is 98.3 Å². The van der Waals surface area contributed by atoms with Crippen LogP contribution in [0.15, 0.2) is 42.6 Å². The van der Waals surface area contributed by atoms with Crippen LogP contribution in [0.4, 0.5) is 10.2 Å². The number of aryl methyl sites for hydroxylation is 1. The van der Waals surface area contributed by atoms with E-state index in [0.29, 0.717) is 11.4 Å². The number of hydrogen-bond donors (Lipinski definition) is 1. The number of benzene rings is 1. The summed E-state index contributed by atoms with van der Waals surface area (Å²) in [5, 5.41) is 2.67. The minimum absolute atomic E-state index is 0.292. The maximum Gasteiger partial charge on any atom is 0.339 e. The zero-order valence-corrected chi connectivity index (χ0v) is 9.33. The summed E-state index contributed by atoms with van der Waals surface area (Å²) in [6.07, 6.45) is 1.73. The Balaban J connectivity index is 2.17. The number of hydrogen-bond acceptors (Lipinski definition) is 1. The van der Waals surface area contributed by atoms with Crippen LogP contribution in [0, 0.1) is 12.7 Å². The molecule has 2 N–H and O–H groups in total. The summed E-state index contributed by atoms with van der Waals surface area (Å²) in [6.45, 7) is 1.92. The van der Waals surface area contributed by atoms with Crippen LogP contribution in [0.1, 0.15) is 15.9 Å². The van der Waals surface area contributed by atoms with Crippen LogP contribution in [-0.4, -0.2) is 5.91 Å². The van der Waals surface area contributed by atoms with Gasteiger partial charge >= 0.3 is 5.91 Å². The Morgan fingerprint density at radius 2 is 2.12 bits per heavy atom. The number of H-pyrrole nitrogens is 1. The highest BCUT2D eigenvalue weighted by Crippen LogP contribution is 2.07. The largest absolute Gasteiger partial charge is 0.339 e. The van der Waals surface area contributed by atoms with Crippen LogP contribution in [-0.2, 0) is 0 Å². The first kappa shape index (κ1) is 11.3. The number of aromatic nitrogens is 1. The van der Waals surface area contributed by atoms with E-state index in [1.54, 1.807) is 18.3 Å². The lowest BCUT2D eigenvalue weighted by Gasteiger charge is -1.99. The van der Waals surface area contributed by atoms with E-state index in [9.17, 15) is 9.18 Å². The van der Waals surface area contributed by atoms with Crippen LogP contribution in [0.5, 0.6) is 0 Å². The molecule has 86 valence electrons. The molecule has 17 heavy (non-hydrogen) atoms. The standard InChI is InChI=1S/C13H11FN2O/c1-9-5-6-15-12(7-9)16-13(17)10-3-2-4-11(14)8-10/h2-8H,1H3,(H,15,16,17)/p+1. The van der Waals surface area contributed by atoms with E-state index in [1.165, 1.54) is 18.2 Å². The molecule has 1 aromatic heterocycles. The second-order valence-corrected chi connectivity index (χ2v) is 3.74. The molecule has 3 nitrogen and oxygen atoms in total. The van der Waals surface area contributed by atoms with E-state index in [0.717, 1.165) is 5.56 Å². The second-order valence-electron chi connectivity index (χ2n) is 3.74. The predicted octanol–water partition coefficient (Wildman–Crippen LogP) is 2.20. The van der Waals surface area contributed by atoms with Crippen molar-refractivity contribution in [3.8, 4) is 0 Å². The highest BCUT2D eigenvalue weighted by atomic mass is 19.1. The van der Waals surface area contributed by atoms with Gasteiger partial charge in [0.1, 0.15) is 5.82 Å². The van der Waals surface area contributed by atoms with Gasteiger partial charge in [-0.05, 0) is 36.8 Å². The Morgan fingerprint density at radius 3 is 2.82 bits per heavy atom. The predicted molar refractivity (Wildman–Crippen MR) is 62.1 cm³/mol. The molecule has 0 fully saturated rings. The number of nitrogens with one attached hydrogen (secondary N) is 2. The molecule has 0 bridgehead atoms. The Hall–Kier alpha value is -2.23. The van der Waals surface area contributed by atoms with Crippen molar-refractivity contribution in [1.29, 1.82) is 0 Å². The molecule has 0 aliphatic rings. The highest BCUT2D eigenvalue weighted by molar-refractivity contribution is 6.03. The van der Waals surface area contributed by atoms with Gasteiger partial charge in [-0.2, -0.15) is 0 Å². The summed E-state index contributed by atoms with van der Waals surface area (Å²) >= 11 is 0. The summed E-state index contributed by atoms with van der Waals surface area (Å²) in [5.41, 5.74) is 1.32. The molecule has 0 saturated heterocycles. The second kappa shape index (κ2) is 4.74. The molecule has 0 atom stereocenters. The molecule has 0 unspecified atom stereocenters. The van der Waals surface area contributed by atoms with E-state index < -0.39 is 5.82 Å². The quantitative estimate of drug-likeness (QED) is 0.846. The highest BCUT2D eigenvalue weighted by Gasteiger charge is 2.13. The molecule has 2 rings (SSSR count). The van der Waals surface area contributed by atoms with Crippen molar-refractivity contribution in [2.45, 2.75) is 6.92 Å². The first-order valence-corrected chi connectivity index (χ1v) is 5.20. The molecule has 2 aromatic rings. The van der Waals surface area contributed by atoms with Gasteiger partial charge in [0.25, 0.3) is 5.82 Å². The van der Waals surface area contributed by atoms with E-state index in [4.69, 9.17) is 0 Å². The number of carbonyl (C=O) groups is 1. The smallest absolute Gasteiger partial charge is 0.247 e. The Morgan fingerprint density at radius 1 is 1.29 bits per heavy atom. The van der Waals surface area contributed by atoms with Gasteiger partial charge in [-0.1, -0.05) is 6.07 Å². The van der Waals surface area contributed by atoms with Gasteiger partial charge in [-0.25, -0.2) is 19.5 Å². The van der Waals surface area contributed by atoms with Crippen LogP contribution in [0.3, 0.4) is 0 Å². The van der Waals surface area contributed by atoms with Gasteiger partial charge in [0.05, 0.1) is 11.8 Å². The minimum atomic E-state index is -0.425. The third kappa shape index (κ3) is 2.87. The maximum absolute atomic E-state index is 12.9. The molecule has 1 heterocycles. The lowest BCUT2D eigenvalue weighted by atomic mass is 10.2. The fourth-order valence-electron chi connectivity index (χ4n) is 1.48. The number of pyridine rings is 1. The molecular formula is C13H12FN2O+. The van der Waals surface area contributed by atoms with Crippen LogP contribution >= 0.6 is 0 Å². The summed E-state index contributed by atoms with van der Waals surface area (Å²) in [5.74, 6) is -0.184. The number of amides is 1. The zero-order chi connectivity index (χ0) is 12.3. The topological polar surface area (TPSA) is 43.2 Å².